The third-order valence-corrected chi connectivity index (χ3v) is 6.69. The van der Waals surface area contributed by atoms with E-state index in [0.717, 1.165) is 47.2 Å². The number of benzene rings is 1. The first-order chi connectivity index (χ1) is 17.5. The van der Waals surface area contributed by atoms with E-state index in [9.17, 15) is 4.79 Å². The molecule has 10 heteroatoms. The smallest absolute Gasteiger partial charge is 0.253 e. The second-order valence-corrected chi connectivity index (χ2v) is 9.40. The number of aromatic amines is 1. The highest BCUT2D eigenvalue weighted by Gasteiger charge is 2.33. The number of hydrogen-bond donors (Lipinski definition) is 1. The molecule has 10 nitrogen and oxygen atoms in total. The van der Waals surface area contributed by atoms with Gasteiger partial charge in [-0.2, -0.15) is 0 Å². The highest BCUT2D eigenvalue weighted by atomic mass is 16.5. The SMILES string of the molecule is COCCn1nnnc1[C@H](c1cc2cc(C)cc(C)c2[nH]c1=O)N(Cc1ccco1)C[C@@H]1CCCO1. The Morgan fingerprint density at radius 1 is 1.31 bits per heavy atom. The van der Waals surface area contributed by atoms with Crippen LogP contribution in [0.4, 0.5) is 0 Å². The summed E-state index contributed by atoms with van der Waals surface area (Å²) >= 11 is 0. The highest BCUT2D eigenvalue weighted by Crippen LogP contribution is 2.31. The maximum atomic E-state index is 13.6. The van der Waals surface area contributed by atoms with Crippen LogP contribution in [0, 0.1) is 13.8 Å². The Labute approximate surface area is 209 Å². The van der Waals surface area contributed by atoms with Gasteiger partial charge in [0.15, 0.2) is 5.82 Å². The lowest BCUT2D eigenvalue weighted by Gasteiger charge is -2.32. The molecule has 1 N–H and O–H groups in total. The number of nitrogens with zero attached hydrogens (tertiary/aromatic N) is 5. The molecule has 4 aromatic rings. The Morgan fingerprint density at radius 3 is 2.94 bits per heavy atom. The van der Waals surface area contributed by atoms with E-state index < -0.39 is 6.04 Å². The molecule has 5 rings (SSSR count). The molecule has 1 aliphatic heterocycles. The molecule has 0 radical (unpaired) electrons. The van der Waals surface area contributed by atoms with Crippen LogP contribution in [0.15, 0.2) is 45.8 Å². The number of aryl methyl sites for hydroxylation is 2. The number of nitrogens with one attached hydrogen (secondary N) is 1. The van der Waals surface area contributed by atoms with Crippen LogP contribution in [0.5, 0.6) is 0 Å². The molecule has 0 saturated carbocycles. The molecule has 1 saturated heterocycles. The van der Waals surface area contributed by atoms with Crippen LogP contribution in [-0.4, -0.2) is 63.1 Å². The summed E-state index contributed by atoms with van der Waals surface area (Å²) in [5.74, 6) is 1.36. The normalized spacial score (nSPS) is 16.8. The van der Waals surface area contributed by atoms with Crippen molar-refractivity contribution in [1.82, 2.24) is 30.1 Å². The fraction of sp³-hybridized carbons (Fsp3) is 0.462. The lowest BCUT2D eigenvalue weighted by atomic mass is 10.00. The topological polar surface area (TPSA) is 111 Å². The Morgan fingerprint density at radius 2 is 2.19 bits per heavy atom. The first-order valence-electron chi connectivity index (χ1n) is 12.3. The summed E-state index contributed by atoms with van der Waals surface area (Å²) in [6, 6.07) is 9.40. The monoisotopic (exact) mass is 492 g/mol. The summed E-state index contributed by atoms with van der Waals surface area (Å²) in [6.07, 6.45) is 3.69. The van der Waals surface area contributed by atoms with Crippen molar-refractivity contribution >= 4 is 10.9 Å². The summed E-state index contributed by atoms with van der Waals surface area (Å²) in [4.78, 5) is 18.9. The van der Waals surface area contributed by atoms with Gasteiger partial charge < -0.3 is 18.9 Å². The molecule has 0 bridgehead atoms. The van der Waals surface area contributed by atoms with Crippen molar-refractivity contribution in [3.8, 4) is 0 Å². The van der Waals surface area contributed by atoms with Crippen LogP contribution in [-0.2, 0) is 22.6 Å². The van der Waals surface area contributed by atoms with Crippen molar-refractivity contribution in [1.29, 1.82) is 0 Å². The zero-order valence-corrected chi connectivity index (χ0v) is 20.9. The zero-order valence-electron chi connectivity index (χ0n) is 20.9. The largest absolute Gasteiger partial charge is 0.468 e. The summed E-state index contributed by atoms with van der Waals surface area (Å²) < 4.78 is 18.7. The average Bonchev–Trinajstić information content (AvgIpc) is 3.63. The second-order valence-electron chi connectivity index (χ2n) is 9.40. The Hall–Kier alpha value is -3.34. The number of fused-ring (bicyclic) bond motifs is 1. The van der Waals surface area contributed by atoms with Gasteiger partial charge in [0, 0.05) is 25.8 Å². The van der Waals surface area contributed by atoms with Gasteiger partial charge in [0.05, 0.1) is 37.6 Å². The summed E-state index contributed by atoms with van der Waals surface area (Å²) in [7, 11) is 1.64. The molecule has 36 heavy (non-hydrogen) atoms. The van der Waals surface area contributed by atoms with E-state index in [-0.39, 0.29) is 11.7 Å². The van der Waals surface area contributed by atoms with E-state index in [1.165, 1.54) is 0 Å². The predicted molar refractivity (Wildman–Crippen MR) is 134 cm³/mol. The van der Waals surface area contributed by atoms with Gasteiger partial charge in [0.1, 0.15) is 11.8 Å². The van der Waals surface area contributed by atoms with Gasteiger partial charge in [0.25, 0.3) is 5.56 Å². The molecule has 1 aromatic carbocycles. The number of rotatable bonds is 10. The quantitative estimate of drug-likeness (QED) is 0.359. The van der Waals surface area contributed by atoms with Crippen LogP contribution < -0.4 is 5.56 Å². The molecular weight excluding hydrogens is 460 g/mol. The van der Waals surface area contributed by atoms with Gasteiger partial charge in [-0.1, -0.05) is 11.6 Å². The molecule has 0 amide bonds. The standard InChI is InChI=1S/C26H32N6O4/c1-17-12-18(2)23-19(13-17)14-22(26(33)27-23)24(25-28-29-30-32(25)8-11-34-3)31(15-20-6-4-9-35-20)16-21-7-5-10-36-21/h4,6,9,12-14,21,24H,5,7-8,10-11,15-16H2,1-3H3,(H,27,33)/t21-,24-/m0/s1. The molecule has 0 spiro atoms. The lowest BCUT2D eigenvalue weighted by molar-refractivity contribution is 0.0541. The van der Waals surface area contributed by atoms with E-state index in [2.05, 4.69) is 44.5 Å². The van der Waals surface area contributed by atoms with Crippen molar-refractivity contribution < 1.29 is 13.9 Å². The molecule has 1 fully saturated rings. The van der Waals surface area contributed by atoms with E-state index in [4.69, 9.17) is 13.9 Å². The number of furan rings is 1. The molecule has 0 unspecified atom stereocenters. The highest BCUT2D eigenvalue weighted by molar-refractivity contribution is 5.83. The number of hydrogen-bond acceptors (Lipinski definition) is 8. The predicted octanol–water partition coefficient (Wildman–Crippen LogP) is 3.14. The first kappa shape index (κ1) is 24.4. The van der Waals surface area contributed by atoms with Gasteiger partial charge in [-0.25, -0.2) is 4.68 Å². The number of aromatic nitrogens is 5. The van der Waals surface area contributed by atoms with Gasteiger partial charge >= 0.3 is 0 Å². The summed E-state index contributed by atoms with van der Waals surface area (Å²) in [6.45, 7) is 6.79. The van der Waals surface area contributed by atoms with Crippen LogP contribution in [0.2, 0.25) is 0 Å². The first-order valence-corrected chi connectivity index (χ1v) is 12.3. The molecular formula is C26H32N6O4. The fourth-order valence-corrected chi connectivity index (χ4v) is 5.06. The van der Waals surface area contributed by atoms with Crippen molar-refractivity contribution in [3.05, 3.63) is 75.2 Å². The average molecular weight is 493 g/mol. The summed E-state index contributed by atoms with van der Waals surface area (Å²) in [5, 5.41) is 13.6. The van der Waals surface area contributed by atoms with Crippen molar-refractivity contribution in [2.24, 2.45) is 0 Å². The minimum absolute atomic E-state index is 0.0507. The van der Waals surface area contributed by atoms with Gasteiger partial charge in [-0.3, -0.25) is 9.69 Å². The minimum atomic E-state index is -0.528. The van der Waals surface area contributed by atoms with Gasteiger partial charge in [-0.15, -0.1) is 5.10 Å². The van der Waals surface area contributed by atoms with Crippen molar-refractivity contribution in [2.75, 3.05) is 26.9 Å². The van der Waals surface area contributed by atoms with Crippen LogP contribution in [0.3, 0.4) is 0 Å². The molecule has 3 aromatic heterocycles. The maximum absolute atomic E-state index is 13.6. The van der Waals surface area contributed by atoms with E-state index >= 15 is 0 Å². The van der Waals surface area contributed by atoms with E-state index in [1.807, 2.05) is 25.1 Å². The number of tetrazole rings is 1. The maximum Gasteiger partial charge on any atom is 0.253 e. The zero-order chi connectivity index (χ0) is 25.1. The Bertz CT molecular complexity index is 1360. The fourth-order valence-electron chi connectivity index (χ4n) is 5.06. The third kappa shape index (κ3) is 5.11. The van der Waals surface area contributed by atoms with Crippen LogP contribution in [0.1, 0.15) is 47.2 Å². The molecule has 4 heterocycles. The minimum Gasteiger partial charge on any atom is -0.468 e. The van der Waals surface area contributed by atoms with Crippen molar-refractivity contribution in [3.63, 3.8) is 0 Å². The second kappa shape index (κ2) is 10.7. The van der Waals surface area contributed by atoms with Gasteiger partial charge in [0.2, 0.25) is 0 Å². The Kier molecular flexibility index (Phi) is 7.26. The van der Waals surface area contributed by atoms with Crippen molar-refractivity contribution in [2.45, 2.75) is 51.9 Å². The summed E-state index contributed by atoms with van der Waals surface area (Å²) in [5.41, 5.74) is 3.40. The van der Waals surface area contributed by atoms with Crippen LogP contribution in [0.25, 0.3) is 10.9 Å². The lowest BCUT2D eigenvalue weighted by Crippen LogP contribution is -2.39. The third-order valence-electron chi connectivity index (χ3n) is 6.69. The number of pyridine rings is 1. The number of ether oxygens (including phenoxy) is 2. The Balaban J connectivity index is 1.66. The van der Waals surface area contributed by atoms with E-state index in [0.29, 0.717) is 37.6 Å². The molecule has 0 aliphatic carbocycles. The number of H-pyrrole nitrogens is 1. The van der Waals surface area contributed by atoms with E-state index in [1.54, 1.807) is 18.1 Å². The number of methoxy groups -OCH3 is 1. The molecule has 1 aliphatic rings. The molecule has 190 valence electrons. The van der Waals surface area contributed by atoms with Gasteiger partial charge in [-0.05, 0) is 72.3 Å². The van der Waals surface area contributed by atoms with Crippen LogP contribution >= 0.6 is 0 Å². The molecule has 2 atom stereocenters.